The van der Waals surface area contributed by atoms with Crippen LogP contribution in [-0.2, 0) is 0 Å². The predicted molar refractivity (Wildman–Crippen MR) is 85.3 cm³/mol. The van der Waals surface area contributed by atoms with Crippen LogP contribution in [0, 0.1) is 5.92 Å². The molecule has 8 heteroatoms. The van der Waals surface area contributed by atoms with Crippen LogP contribution in [0.3, 0.4) is 0 Å². The summed E-state index contributed by atoms with van der Waals surface area (Å²) in [6, 6.07) is 0. The zero-order valence-corrected chi connectivity index (χ0v) is 14.1. The van der Waals surface area contributed by atoms with E-state index in [4.69, 9.17) is 5.73 Å². The third-order valence-corrected chi connectivity index (χ3v) is 3.89. The third-order valence-electron chi connectivity index (χ3n) is 2.88. The number of guanidine groups is 1. The van der Waals surface area contributed by atoms with Gasteiger partial charge >= 0.3 is 6.18 Å². The van der Waals surface area contributed by atoms with Crippen molar-refractivity contribution in [1.29, 1.82) is 0 Å². The molecule has 0 atom stereocenters. The van der Waals surface area contributed by atoms with Gasteiger partial charge in [0.25, 0.3) is 0 Å². The number of likely N-dealkylation sites (tertiary alicyclic amines) is 1. The fourth-order valence-electron chi connectivity index (χ4n) is 1.75. The lowest BCUT2D eigenvalue weighted by Gasteiger charge is -2.31. The smallest absolute Gasteiger partial charge is 0.370 e. The lowest BCUT2D eigenvalue weighted by Crippen LogP contribution is -2.42. The molecule has 0 unspecified atom stereocenters. The second-order valence-electron chi connectivity index (χ2n) is 4.58. The number of rotatable bonds is 4. The largest absolute Gasteiger partial charge is 0.397 e. The number of nitrogens with zero attached hydrogens (tertiary/aromatic N) is 2. The van der Waals surface area contributed by atoms with Gasteiger partial charge in [0.15, 0.2) is 5.96 Å². The number of hydrogen-bond donors (Lipinski definition) is 1. The van der Waals surface area contributed by atoms with E-state index in [-0.39, 0.29) is 24.0 Å². The minimum atomic E-state index is -4.09. The van der Waals surface area contributed by atoms with Gasteiger partial charge in [-0.1, -0.05) is 6.92 Å². The van der Waals surface area contributed by atoms with Crippen LogP contribution in [-0.4, -0.2) is 48.2 Å². The Morgan fingerprint density at radius 2 is 1.95 bits per heavy atom. The summed E-state index contributed by atoms with van der Waals surface area (Å²) in [5.41, 5.74) is 5.81. The molecular weight excluding hydrogens is 390 g/mol. The lowest BCUT2D eigenvalue weighted by atomic mass is 10.00. The maximum atomic E-state index is 11.9. The number of thioether (sulfide) groups is 1. The molecule has 0 radical (unpaired) electrons. The van der Waals surface area contributed by atoms with Gasteiger partial charge < -0.3 is 10.6 Å². The molecule has 0 spiro atoms. The van der Waals surface area contributed by atoms with Crippen LogP contribution < -0.4 is 5.73 Å². The van der Waals surface area contributed by atoms with Crippen LogP contribution in [0.25, 0.3) is 0 Å². The van der Waals surface area contributed by atoms with Crippen LogP contribution in [0.5, 0.6) is 0 Å². The fourth-order valence-corrected chi connectivity index (χ4v) is 2.35. The second kappa shape index (κ2) is 9.15. The molecule has 0 aromatic rings. The van der Waals surface area contributed by atoms with Crippen molar-refractivity contribution in [2.75, 3.05) is 31.1 Å². The lowest BCUT2D eigenvalue weighted by molar-refractivity contribution is -0.105. The molecule has 1 fully saturated rings. The number of nitrogens with two attached hydrogens (primary N) is 1. The van der Waals surface area contributed by atoms with Crippen molar-refractivity contribution >= 4 is 41.7 Å². The summed E-state index contributed by atoms with van der Waals surface area (Å²) in [5, 5.41) is 0. The molecule has 0 aromatic carbocycles. The topological polar surface area (TPSA) is 41.6 Å². The number of hydrogen-bond acceptors (Lipinski definition) is 2. The minimum Gasteiger partial charge on any atom is -0.370 e. The Kier molecular flexibility index (Phi) is 9.21. The fraction of sp³-hybridized carbons (Fsp3) is 0.909. The zero-order valence-electron chi connectivity index (χ0n) is 10.9. The minimum absolute atomic E-state index is 0. The van der Waals surface area contributed by atoms with Crippen molar-refractivity contribution in [1.82, 2.24) is 4.90 Å². The Morgan fingerprint density at radius 1 is 1.37 bits per heavy atom. The predicted octanol–water partition coefficient (Wildman–Crippen LogP) is 2.95. The van der Waals surface area contributed by atoms with Crippen LogP contribution >= 0.6 is 35.7 Å². The van der Waals surface area contributed by atoms with E-state index in [9.17, 15) is 13.2 Å². The highest BCUT2D eigenvalue weighted by Crippen LogP contribution is 2.20. The molecule has 1 heterocycles. The van der Waals surface area contributed by atoms with Crippen molar-refractivity contribution in [3.63, 3.8) is 0 Å². The molecule has 1 rings (SSSR count). The van der Waals surface area contributed by atoms with Gasteiger partial charge in [0.05, 0.1) is 12.3 Å². The van der Waals surface area contributed by atoms with Crippen LogP contribution in [0.2, 0.25) is 0 Å². The van der Waals surface area contributed by atoms with E-state index >= 15 is 0 Å². The van der Waals surface area contributed by atoms with Gasteiger partial charge in [-0.05, 0) is 18.8 Å². The maximum absolute atomic E-state index is 11.9. The molecular formula is C11H21F3IN3S. The summed E-state index contributed by atoms with van der Waals surface area (Å²) in [5.74, 6) is 0.722. The van der Waals surface area contributed by atoms with Gasteiger partial charge in [-0.25, -0.2) is 0 Å². The summed E-state index contributed by atoms with van der Waals surface area (Å²) in [6.45, 7) is 4.34. The van der Waals surface area contributed by atoms with Crippen LogP contribution in [0.15, 0.2) is 4.99 Å². The Balaban J connectivity index is 0.00000324. The maximum Gasteiger partial charge on any atom is 0.397 e. The van der Waals surface area contributed by atoms with E-state index in [0.717, 1.165) is 43.6 Å². The number of aliphatic imine (C=N–C) groups is 1. The molecule has 2 N–H and O–H groups in total. The number of alkyl halides is 3. The molecule has 1 saturated heterocycles. The van der Waals surface area contributed by atoms with E-state index < -0.39 is 11.9 Å². The Morgan fingerprint density at radius 3 is 2.47 bits per heavy atom. The molecule has 1 aliphatic rings. The summed E-state index contributed by atoms with van der Waals surface area (Å²) in [4.78, 5) is 6.13. The average molecular weight is 411 g/mol. The first kappa shape index (κ1) is 19.1. The molecule has 0 aromatic heterocycles. The summed E-state index contributed by atoms with van der Waals surface area (Å²) in [6.07, 6.45) is -1.90. The van der Waals surface area contributed by atoms with Crippen molar-refractivity contribution in [3.8, 4) is 0 Å². The molecule has 1 aliphatic heterocycles. The van der Waals surface area contributed by atoms with E-state index in [1.54, 1.807) is 0 Å². The molecule has 0 bridgehead atoms. The Labute approximate surface area is 133 Å². The Bertz CT molecular complexity index is 279. The van der Waals surface area contributed by atoms with Gasteiger partial charge in [0, 0.05) is 18.8 Å². The summed E-state index contributed by atoms with van der Waals surface area (Å²) >= 11 is 0.843. The van der Waals surface area contributed by atoms with Gasteiger partial charge in [-0.2, -0.15) is 24.9 Å². The summed E-state index contributed by atoms with van der Waals surface area (Å²) < 4.78 is 35.6. The van der Waals surface area contributed by atoms with Crippen molar-refractivity contribution < 1.29 is 13.2 Å². The first-order valence-corrected chi connectivity index (χ1v) is 7.23. The Hall–Kier alpha value is 0.140. The highest BCUT2D eigenvalue weighted by Gasteiger charge is 2.26. The molecule has 0 saturated carbocycles. The molecule has 114 valence electrons. The first-order valence-electron chi connectivity index (χ1n) is 6.08. The second-order valence-corrected chi connectivity index (χ2v) is 5.68. The highest BCUT2D eigenvalue weighted by molar-refractivity contribution is 14.0. The van der Waals surface area contributed by atoms with Gasteiger partial charge in [0.2, 0.25) is 0 Å². The molecule has 0 amide bonds. The van der Waals surface area contributed by atoms with Crippen molar-refractivity contribution in [2.24, 2.45) is 16.6 Å². The molecule has 3 nitrogen and oxygen atoms in total. The summed E-state index contributed by atoms with van der Waals surface area (Å²) in [7, 11) is 0. The monoisotopic (exact) mass is 411 g/mol. The van der Waals surface area contributed by atoms with Crippen LogP contribution in [0.1, 0.15) is 19.8 Å². The first-order chi connectivity index (χ1) is 8.38. The number of piperidine rings is 1. The standard InChI is InChI=1S/C11H20F3N3S.HI/c1-9-2-5-17(6-3-9)10(15)16-4-7-18-8-11(12,13)14;/h9H,2-8H2,1H3,(H2,15,16);1H. The van der Waals surface area contributed by atoms with E-state index in [2.05, 4.69) is 11.9 Å². The highest BCUT2D eigenvalue weighted by atomic mass is 127. The van der Waals surface area contributed by atoms with Gasteiger partial charge in [-0.3, -0.25) is 4.99 Å². The van der Waals surface area contributed by atoms with Gasteiger partial charge in [0.1, 0.15) is 0 Å². The van der Waals surface area contributed by atoms with E-state index in [0.29, 0.717) is 18.3 Å². The quantitative estimate of drug-likeness (QED) is 0.335. The average Bonchev–Trinajstić information content (AvgIpc) is 2.27. The number of halogens is 4. The SMILES string of the molecule is CC1CCN(C(N)=NCCSCC(F)(F)F)CC1.I. The molecule has 0 aliphatic carbocycles. The molecule has 19 heavy (non-hydrogen) atoms. The van der Waals surface area contributed by atoms with Gasteiger partial charge in [-0.15, -0.1) is 24.0 Å². The van der Waals surface area contributed by atoms with E-state index in [1.807, 2.05) is 4.90 Å². The van der Waals surface area contributed by atoms with Crippen molar-refractivity contribution in [2.45, 2.75) is 25.9 Å². The van der Waals surface area contributed by atoms with Crippen LogP contribution in [0.4, 0.5) is 13.2 Å². The zero-order chi connectivity index (χ0) is 13.6. The third kappa shape index (κ3) is 8.83. The normalized spacial score (nSPS) is 18.3. The van der Waals surface area contributed by atoms with Crippen molar-refractivity contribution in [3.05, 3.63) is 0 Å². The van der Waals surface area contributed by atoms with E-state index in [1.165, 1.54) is 0 Å².